The Kier molecular flexibility index (Phi) is 3.12. The maximum absolute atomic E-state index is 10.5. The molecule has 12 heavy (non-hydrogen) atoms. The van der Waals surface area contributed by atoms with Crippen molar-refractivity contribution in [3.8, 4) is 0 Å². The smallest absolute Gasteiger partial charge is 0.184 e. The van der Waals surface area contributed by atoms with Crippen LogP contribution in [0, 0.1) is 0 Å². The lowest BCUT2D eigenvalue weighted by Crippen LogP contribution is -2.03. The molecular weight excluding hydrogens is 196 g/mol. The van der Waals surface area contributed by atoms with Gasteiger partial charge >= 0.3 is 0 Å². The van der Waals surface area contributed by atoms with E-state index in [1.54, 1.807) is 12.2 Å². The number of hydrogen-bond donors (Lipinski definition) is 0. The van der Waals surface area contributed by atoms with Crippen molar-refractivity contribution in [2.24, 2.45) is 0 Å². The Morgan fingerprint density at radius 2 is 2.17 bits per heavy atom. The largest absolute Gasteiger partial charge is 0.217 e. The lowest BCUT2D eigenvalue weighted by atomic mass is 10.1. The van der Waals surface area contributed by atoms with Crippen LogP contribution in [-0.4, -0.2) is 18.7 Å². The molecule has 1 aliphatic rings. The van der Waals surface area contributed by atoms with E-state index in [1.165, 1.54) is 0 Å². The molecule has 0 saturated carbocycles. The molecule has 0 bridgehead atoms. The second kappa shape index (κ2) is 3.92. The summed E-state index contributed by atoms with van der Waals surface area (Å²) in [4.78, 5) is 0.413. The third-order valence-corrected chi connectivity index (χ3v) is 2.66. The van der Waals surface area contributed by atoms with Gasteiger partial charge in [0.25, 0.3) is 0 Å². The van der Waals surface area contributed by atoms with Gasteiger partial charge in [0.2, 0.25) is 10.3 Å². The third-order valence-electron chi connectivity index (χ3n) is 1.67. The molecule has 0 aromatic carbocycles. The molecule has 0 aromatic rings. The summed E-state index contributed by atoms with van der Waals surface area (Å²) in [5.41, 5.74) is 0.978. The van der Waals surface area contributed by atoms with E-state index in [0.29, 0.717) is 11.3 Å². The van der Waals surface area contributed by atoms with Crippen LogP contribution < -0.4 is 0 Å². The molecule has 1 atom stereocenters. The number of hydrogen-bond acceptors (Lipinski definition) is 2. The zero-order chi connectivity index (χ0) is 9.14. The summed E-state index contributed by atoms with van der Waals surface area (Å²) in [6.45, 7) is 1.86. The van der Waals surface area contributed by atoms with Gasteiger partial charge in [-0.1, -0.05) is 12.2 Å². The standard InChI is InChI=1S/C8H9ClO2S/c1-6(9)7-2-4-8(5-3-7)12(10)11/h2-4,6H,5H2,1H3. The molecule has 2 nitrogen and oxygen atoms in total. The molecular formula is C8H9ClO2S. The predicted molar refractivity (Wildman–Crippen MR) is 51.1 cm³/mol. The lowest BCUT2D eigenvalue weighted by molar-refractivity contribution is 0.627. The number of halogens is 1. The second-order valence-electron chi connectivity index (χ2n) is 2.56. The first kappa shape index (κ1) is 9.55. The van der Waals surface area contributed by atoms with Crippen LogP contribution in [-0.2, 0) is 10.3 Å². The van der Waals surface area contributed by atoms with Gasteiger partial charge in [0.05, 0.1) is 10.2 Å². The Labute approximate surface area is 78.1 Å². The first-order valence-electron chi connectivity index (χ1n) is 3.58. The molecule has 0 spiro atoms. The highest BCUT2D eigenvalue weighted by atomic mass is 35.5. The Morgan fingerprint density at radius 3 is 2.50 bits per heavy atom. The van der Waals surface area contributed by atoms with Crippen molar-refractivity contribution in [3.63, 3.8) is 0 Å². The van der Waals surface area contributed by atoms with E-state index in [9.17, 15) is 8.42 Å². The molecule has 0 N–H and O–H groups in total. The van der Waals surface area contributed by atoms with Gasteiger partial charge in [0.15, 0.2) is 0 Å². The van der Waals surface area contributed by atoms with Crippen LogP contribution in [0.2, 0.25) is 0 Å². The van der Waals surface area contributed by atoms with E-state index in [-0.39, 0.29) is 5.38 Å². The predicted octanol–water partition coefficient (Wildman–Crippen LogP) is 1.55. The van der Waals surface area contributed by atoms with Crippen LogP contribution in [0.15, 0.2) is 23.8 Å². The fraction of sp³-hybridized carbons (Fsp3) is 0.375. The van der Waals surface area contributed by atoms with Crippen molar-refractivity contribution >= 4 is 26.8 Å². The maximum Gasteiger partial charge on any atom is 0.217 e. The van der Waals surface area contributed by atoms with Crippen LogP contribution in [0.3, 0.4) is 0 Å². The van der Waals surface area contributed by atoms with Gasteiger partial charge in [-0.25, -0.2) is 0 Å². The SMILES string of the molecule is CC(Cl)C1=CCC(=S(=O)=O)C=C1. The molecule has 0 fully saturated rings. The van der Waals surface area contributed by atoms with Crippen LogP contribution in [0.5, 0.6) is 0 Å². The molecule has 66 valence electrons. The zero-order valence-electron chi connectivity index (χ0n) is 6.62. The van der Waals surface area contributed by atoms with Crippen molar-refractivity contribution in [2.45, 2.75) is 18.7 Å². The van der Waals surface area contributed by atoms with Crippen molar-refractivity contribution < 1.29 is 8.42 Å². The summed E-state index contributed by atoms with van der Waals surface area (Å²) in [5.74, 6) is 0. The van der Waals surface area contributed by atoms with Crippen molar-refractivity contribution in [2.75, 3.05) is 0 Å². The number of rotatable bonds is 1. The Hall–Kier alpha value is -0.540. The van der Waals surface area contributed by atoms with Crippen molar-refractivity contribution in [1.29, 1.82) is 0 Å². The summed E-state index contributed by atoms with van der Waals surface area (Å²) in [6, 6.07) is 0. The Balaban J connectivity index is 2.89. The topological polar surface area (TPSA) is 34.1 Å². The number of alkyl halides is 1. The molecule has 0 amide bonds. The monoisotopic (exact) mass is 204 g/mol. The first-order valence-corrected chi connectivity index (χ1v) is 5.09. The van der Waals surface area contributed by atoms with E-state index in [4.69, 9.17) is 11.6 Å². The highest BCUT2D eigenvalue weighted by molar-refractivity contribution is 7.73. The molecule has 4 heteroatoms. The van der Waals surface area contributed by atoms with Gasteiger partial charge in [0, 0.05) is 6.42 Å². The fourth-order valence-corrected chi connectivity index (χ4v) is 1.52. The van der Waals surface area contributed by atoms with Gasteiger partial charge in [-0.15, -0.1) is 11.6 Å². The molecule has 0 saturated heterocycles. The van der Waals surface area contributed by atoms with E-state index < -0.39 is 10.3 Å². The Bertz CT molecular complexity index is 350. The summed E-state index contributed by atoms with van der Waals surface area (Å²) >= 11 is 5.80. The summed E-state index contributed by atoms with van der Waals surface area (Å²) < 4.78 is 21.0. The van der Waals surface area contributed by atoms with Gasteiger partial charge in [0.1, 0.15) is 0 Å². The average molecular weight is 205 g/mol. The fourth-order valence-electron chi connectivity index (χ4n) is 0.962. The van der Waals surface area contributed by atoms with Crippen LogP contribution in [0.1, 0.15) is 13.3 Å². The first-order chi connectivity index (χ1) is 5.61. The number of allylic oxidation sites excluding steroid dienone is 4. The zero-order valence-corrected chi connectivity index (χ0v) is 8.19. The molecule has 1 aliphatic carbocycles. The van der Waals surface area contributed by atoms with Crippen molar-refractivity contribution in [3.05, 3.63) is 23.8 Å². The maximum atomic E-state index is 10.5. The van der Waals surface area contributed by atoms with E-state index in [1.807, 2.05) is 13.0 Å². The highest BCUT2D eigenvalue weighted by Gasteiger charge is 2.07. The molecule has 0 heterocycles. The normalized spacial score (nSPS) is 18.8. The van der Waals surface area contributed by atoms with Crippen LogP contribution >= 0.6 is 11.6 Å². The van der Waals surface area contributed by atoms with Crippen LogP contribution in [0.4, 0.5) is 0 Å². The van der Waals surface area contributed by atoms with E-state index in [2.05, 4.69) is 0 Å². The minimum absolute atomic E-state index is 0.0529. The molecule has 0 radical (unpaired) electrons. The van der Waals surface area contributed by atoms with Crippen molar-refractivity contribution in [1.82, 2.24) is 0 Å². The quantitative estimate of drug-likeness (QED) is 0.480. The third kappa shape index (κ3) is 2.22. The van der Waals surface area contributed by atoms with Gasteiger partial charge < -0.3 is 0 Å². The second-order valence-corrected chi connectivity index (χ2v) is 4.21. The summed E-state index contributed by atoms with van der Waals surface area (Å²) in [6.07, 6.45) is 5.63. The van der Waals surface area contributed by atoms with E-state index >= 15 is 0 Å². The van der Waals surface area contributed by atoms with E-state index in [0.717, 1.165) is 5.57 Å². The van der Waals surface area contributed by atoms with Gasteiger partial charge in [-0.3, -0.25) is 0 Å². The van der Waals surface area contributed by atoms with Gasteiger partial charge in [-0.05, 0) is 18.6 Å². The minimum atomic E-state index is -2.09. The molecule has 1 unspecified atom stereocenters. The Morgan fingerprint density at radius 1 is 1.50 bits per heavy atom. The summed E-state index contributed by atoms with van der Waals surface area (Å²) in [5, 5.41) is -0.0529. The highest BCUT2D eigenvalue weighted by Crippen LogP contribution is 2.15. The average Bonchev–Trinajstić information content (AvgIpc) is 2.04. The lowest BCUT2D eigenvalue weighted by Gasteiger charge is -2.07. The van der Waals surface area contributed by atoms with Crippen LogP contribution in [0.25, 0.3) is 0 Å². The molecule has 0 aromatic heterocycles. The van der Waals surface area contributed by atoms with Gasteiger partial charge in [-0.2, -0.15) is 8.42 Å². The summed E-state index contributed by atoms with van der Waals surface area (Å²) in [7, 11) is -2.09. The molecule has 1 rings (SSSR count). The molecule has 0 aliphatic heterocycles. The minimum Gasteiger partial charge on any atom is -0.184 e.